The molecular weight excluding hydrogens is 298 g/mol. The van der Waals surface area contributed by atoms with E-state index in [1.54, 1.807) is 0 Å². The number of likely N-dealkylation sites (N-methyl/N-ethyl adjacent to an activating group) is 1. The van der Waals surface area contributed by atoms with Gasteiger partial charge in [-0.15, -0.1) is 0 Å². The Morgan fingerprint density at radius 2 is 1.91 bits per heavy atom. The van der Waals surface area contributed by atoms with Crippen LogP contribution in [-0.4, -0.2) is 80.3 Å². The van der Waals surface area contributed by atoms with Gasteiger partial charge in [0.25, 0.3) is 0 Å². The fourth-order valence-corrected chi connectivity index (χ4v) is 1.35. The van der Waals surface area contributed by atoms with E-state index in [1.165, 1.54) is 0 Å². The van der Waals surface area contributed by atoms with E-state index in [9.17, 15) is 4.79 Å². The van der Waals surface area contributed by atoms with E-state index < -0.39 is 6.09 Å². The summed E-state index contributed by atoms with van der Waals surface area (Å²) < 4.78 is 5.19. The predicted octanol–water partition coefficient (Wildman–Crippen LogP) is 1.62. The number of nitrogens with one attached hydrogen (secondary N) is 2. The molecule has 0 aromatic heterocycles. The molecule has 7 nitrogen and oxygen atoms in total. The van der Waals surface area contributed by atoms with Crippen LogP contribution in [0.2, 0.25) is 0 Å². The Morgan fingerprint density at radius 1 is 1.30 bits per heavy atom. The quantitative estimate of drug-likeness (QED) is 0.527. The molecule has 1 atom stereocenters. The van der Waals surface area contributed by atoms with Crippen LogP contribution in [-0.2, 0) is 4.74 Å². The third-order valence-corrected chi connectivity index (χ3v) is 2.71. The van der Waals surface area contributed by atoms with Gasteiger partial charge in [0.1, 0.15) is 0 Å². The highest BCUT2D eigenvalue weighted by atomic mass is 16.5. The molecule has 1 heterocycles. The maximum Gasteiger partial charge on any atom is 0.404 e. The molecule has 0 aromatic carbocycles. The van der Waals surface area contributed by atoms with Crippen molar-refractivity contribution in [1.29, 1.82) is 0 Å². The fraction of sp³-hybridized carbons (Fsp3) is 0.938. The fourth-order valence-electron chi connectivity index (χ4n) is 1.35. The Kier molecular flexibility index (Phi) is 27.4. The van der Waals surface area contributed by atoms with Gasteiger partial charge in [0.15, 0.2) is 0 Å². The largest absolute Gasteiger partial charge is 0.465 e. The van der Waals surface area contributed by atoms with E-state index in [4.69, 9.17) is 14.9 Å². The lowest BCUT2D eigenvalue weighted by molar-refractivity contribution is 0.113. The average Bonchev–Trinajstić information content (AvgIpc) is 3.05. The predicted molar refractivity (Wildman–Crippen MR) is 96.2 cm³/mol. The molecule has 1 fully saturated rings. The van der Waals surface area contributed by atoms with Crippen molar-refractivity contribution in [3.05, 3.63) is 0 Å². The Morgan fingerprint density at radius 3 is 2.26 bits per heavy atom. The van der Waals surface area contributed by atoms with Gasteiger partial charge in [0, 0.05) is 19.6 Å². The molecule has 1 aliphatic heterocycles. The van der Waals surface area contributed by atoms with Gasteiger partial charge in [-0.05, 0) is 26.6 Å². The number of nitrogens with zero attached hydrogens (tertiary/aromatic N) is 1. The van der Waals surface area contributed by atoms with Crippen molar-refractivity contribution in [3.8, 4) is 0 Å². The molecule has 0 spiro atoms. The first kappa shape index (κ1) is 27.0. The van der Waals surface area contributed by atoms with E-state index in [0.717, 1.165) is 32.6 Å². The summed E-state index contributed by atoms with van der Waals surface area (Å²) in [5.74, 6) is 0. The van der Waals surface area contributed by atoms with Crippen LogP contribution in [0.5, 0.6) is 0 Å². The smallest absolute Gasteiger partial charge is 0.404 e. The van der Waals surface area contributed by atoms with Crippen LogP contribution in [0, 0.1) is 0 Å². The highest BCUT2D eigenvalue weighted by Gasteiger charge is 2.08. The standard InChI is InChI=1S/C8H18N2O3.C4H9NO.2C2H6/c1-3-10(2)5-7-13-6-4-9-8(11)12;6-4-1-2-5-3-4;2*1-2/h9H,3-7H2,1-2H3,(H,11,12);4-6H,1-3H2;2*1-2H3. The lowest BCUT2D eigenvalue weighted by Crippen LogP contribution is -2.27. The van der Waals surface area contributed by atoms with Crippen LogP contribution in [0.4, 0.5) is 4.79 Å². The second kappa shape index (κ2) is 23.4. The second-order valence-electron chi connectivity index (χ2n) is 4.39. The number of carboxylic acid groups (broad SMARTS) is 1. The first-order valence-corrected chi connectivity index (χ1v) is 8.68. The number of amides is 1. The SMILES string of the molecule is CC.CC.CCN(C)CCOCCNC(=O)O.OC1CCNC1. The molecule has 0 saturated carbocycles. The molecule has 0 aliphatic carbocycles. The van der Waals surface area contributed by atoms with Crippen LogP contribution >= 0.6 is 0 Å². The summed E-state index contributed by atoms with van der Waals surface area (Å²) in [6, 6.07) is 0. The van der Waals surface area contributed by atoms with Gasteiger partial charge >= 0.3 is 6.09 Å². The average molecular weight is 338 g/mol. The number of β-amino-alcohol motifs (C(OH)–C–C–N with tert-alkyl or cyclic N) is 1. The number of carbonyl (C=O) groups is 1. The lowest BCUT2D eigenvalue weighted by Gasteiger charge is -2.13. The minimum Gasteiger partial charge on any atom is -0.465 e. The molecule has 7 heteroatoms. The van der Waals surface area contributed by atoms with Crippen LogP contribution in [0.15, 0.2) is 0 Å². The maximum atomic E-state index is 10.0. The number of hydrogen-bond acceptors (Lipinski definition) is 5. The number of ether oxygens (including phenoxy) is 1. The topological polar surface area (TPSA) is 94.1 Å². The first-order valence-electron chi connectivity index (χ1n) is 8.68. The molecular formula is C16H39N3O4. The van der Waals surface area contributed by atoms with Gasteiger partial charge in [0.05, 0.1) is 19.3 Å². The summed E-state index contributed by atoms with van der Waals surface area (Å²) in [5, 5.41) is 22.1. The van der Waals surface area contributed by atoms with Crippen molar-refractivity contribution >= 4 is 6.09 Å². The van der Waals surface area contributed by atoms with Crippen LogP contribution in [0.1, 0.15) is 41.0 Å². The number of aliphatic hydroxyl groups is 1. The minimum atomic E-state index is -1.01. The van der Waals surface area contributed by atoms with Gasteiger partial charge in [0.2, 0.25) is 0 Å². The van der Waals surface area contributed by atoms with Gasteiger partial charge in [-0.2, -0.15) is 0 Å². The molecule has 1 saturated heterocycles. The Hall–Kier alpha value is -0.890. The van der Waals surface area contributed by atoms with Crippen molar-refractivity contribution in [2.24, 2.45) is 0 Å². The van der Waals surface area contributed by atoms with Crippen molar-refractivity contribution in [2.45, 2.75) is 47.1 Å². The van der Waals surface area contributed by atoms with Crippen molar-refractivity contribution in [1.82, 2.24) is 15.5 Å². The first-order chi connectivity index (χ1) is 11.1. The summed E-state index contributed by atoms with van der Waals surface area (Å²) in [6.45, 7) is 15.2. The zero-order valence-corrected chi connectivity index (χ0v) is 15.9. The molecule has 1 amide bonds. The van der Waals surface area contributed by atoms with Gasteiger partial charge in [-0.1, -0.05) is 34.6 Å². The van der Waals surface area contributed by atoms with E-state index in [0.29, 0.717) is 19.8 Å². The molecule has 1 unspecified atom stereocenters. The van der Waals surface area contributed by atoms with Gasteiger partial charge in [-0.25, -0.2) is 4.79 Å². The summed E-state index contributed by atoms with van der Waals surface area (Å²) in [6.07, 6.45) is -0.140. The molecule has 0 aromatic rings. The van der Waals surface area contributed by atoms with E-state index >= 15 is 0 Å². The van der Waals surface area contributed by atoms with Crippen molar-refractivity contribution in [2.75, 3.05) is 53.0 Å². The van der Waals surface area contributed by atoms with E-state index in [1.807, 2.05) is 34.7 Å². The molecule has 0 radical (unpaired) electrons. The monoisotopic (exact) mass is 337 g/mol. The Bertz CT molecular complexity index is 225. The molecule has 0 bridgehead atoms. The minimum absolute atomic E-state index is 0.0648. The zero-order valence-electron chi connectivity index (χ0n) is 15.9. The molecule has 23 heavy (non-hydrogen) atoms. The maximum absolute atomic E-state index is 10.0. The molecule has 4 N–H and O–H groups in total. The third-order valence-electron chi connectivity index (χ3n) is 2.71. The highest BCUT2D eigenvalue weighted by Crippen LogP contribution is 1.93. The number of hydrogen-bond donors (Lipinski definition) is 4. The van der Waals surface area contributed by atoms with Gasteiger partial charge in [-0.3, -0.25) is 0 Å². The summed E-state index contributed by atoms with van der Waals surface area (Å²) in [5.41, 5.74) is 0. The van der Waals surface area contributed by atoms with Crippen molar-refractivity contribution < 1.29 is 19.7 Å². The van der Waals surface area contributed by atoms with Crippen LogP contribution < -0.4 is 10.6 Å². The Labute approximate surface area is 142 Å². The van der Waals surface area contributed by atoms with Crippen LogP contribution in [0.25, 0.3) is 0 Å². The number of rotatable bonds is 7. The van der Waals surface area contributed by atoms with E-state index in [-0.39, 0.29) is 6.10 Å². The summed E-state index contributed by atoms with van der Waals surface area (Å²) in [4.78, 5) is 12.1. The van der Waals surface area contributed by atoms with Crippen molar-refractivity contribution in [3.63, 3.8) is 0 Å². The second-order valence-corrected chi connectivity index (χ2v) is 4.39. The Balaban J connectivity index is -0.000000330. The lowest BCUT2D eigenvalue weighted by atomic mass is 10.3. The van der Waals surface area contributed by atoms with Crippen LogP contribution in [0.3, 0.4) is 0 Å². The zero-order chi connectivity index (χ0) is 18.5. The highest BCUT2D eigenvalue weighted by molar-refractivity contribution is 5.64. The van der Waals surface area contributed by atoms with Gasteiger partial charge < -0.3 is 30.5 Å². The summed E-state index contributed by atoms with van der Waals surface area (Å²) >= 11 is 0. The molecule has 1 rings (SSSR count). The normalized spacial score (nSPS) is 15.4. The molecule has 142 valence electrons. The number of aliphatic hydroxyl groups excluding tert-OH is 1. The summed E-state index contributed by atoms with van der Waals surface area (Å²) in [7, 11) is 2.01. The third kappa shape index (κ3) is 26.3. The molecule has 1 aliphatic rings. The van der Waals surface area contributed by atoms with E-state index in [2.05, 4.69) is 22.5 Å².